The van der Waals surface area contributed by atoms with Crippen LogP contribution in [0.5, 0.6) is 0 Å². The van der Waals surface area contributed by atoms with Crippen LogP contribution < -0.4 is 0 Å². The molecule has 3 aliphatic rings. The molecule has 1 saturated carbocycles. The molecule has 5 heteroatoms. The number of aryl methyl sites for hydroxylation is 1. The number of thioether (sulfide) groups is 1. The Hall–Kier alpha value is -2.53. The van der Waals surface area contributed by atoms with Gasteiger partial charge < -0.3 is 9.80 Å². The van der Waals surface area contributed by atoms with E-state index in [1.807, 2.05) is 24.3 Å². The molecule has 2 aliphatic heterocycles. The second kappa shape index (κ2) is 11.0. The second-order valence-corrected chi connectivity index (χ2v) is 11.6. The Kier molecular flexibility index (Phi) is 7.62. The Morgan fingerprint density at radius 1 is 1.00 bits per heavy atom. The van der Waals surface area contributed by atoms with Crippen molar-refractivity contribution >= 4 is 29.7 Å². The van der Waals surface area contributed by atoms with Gasteiger partial charge in [0.2, 0.25) is 5.91 Å². The topological polar surface area (TPSA) is 40.6 Å². The van der Waals surface area contributed by atoms with Crippen molar-refractivity contribution in [3.05, 3.63) is 76.2 Å². The lowest BCUT2D eigenvalue weighted by Gasteiger charge is -2.46. The fraction of sp³-hybridized carbons (Fsp3) is 0.467. The number of fused-ring (bicyclic) bond motifs is 1. The highest BCUT2D eigenvalue weighted by Crippen LogP contribution is 2.44. The Balaban J connectivity index is 1.40. The van der Waals surface area contributed by atoms with Crippen molar-refractivity contribution in [2.24, 2.45) is 5.92 Å². The van der Waals surface area contributed by atoms with E-state index in [0.717, 1.165) is 61.2 Å². The van der Waals surface area contributed by atoms with E-state index in [2.05, 4.69) is 53.1 Å². The summed E-state index contributed by atoms with van der Waals surface area (Å²) in [4.78, 5) is 32.3. The smallest absolute Gasteiger partial charge is 0.260 e. The third-order valence-corrected chi connectivity index (χ3v) is 9.10. The maximum absolute atomic E-state index is 13.8. The van der Waals surface area contributed by atoms with Gasteiger partial charge in [-0.1, -0.05) is 73.0 Å². The van der Waals surface area contributed by atoms with Crippen LogP contribution in [0.15, 0.2) is 59.5 Å². The van der Waals surface area contributed by atoms with E-state index in [-0.39, 0.29) is 17.9 Å². The van der Waals surface area contributed by atoms with Gasteiger partial charge in [0.25, 0.3) is 5.91 Å². The molecule has 3 atom stereocenters. The normalized spacial score (nSPS) is 26.4. The van der Waals surface area contributed by atoms with Gasteiger partial charge in [-0.25, -0.2) is 0 Å². The second-order valence-electron chi connectivity index (χ2n) is 10.3. The van der Waals surface area contributed by atoms with E-state index in [1.54, 1.807) is 11.8 Å². The third kappa shape index (κ3) is 5.66. The number of likely N-dealkylation sites (tertiary alicyclic amines) is 1. The van der Waals surface area contributed by atoms with Crippen molar-refractivity contribution in [2.75, 3.05) is 13.1 Å². The van der Waals surface area contributed by atoms with Gasteiger partial charge >= 0.3 is 0 Å². The first-order valence-electron chi connectivity index (χ1n) is 13.2. The zero-order valence-electron chi connectivity index (χ0n) is 20.7. The standard InChI is InChI=1S/C30H36N2O2S/c1-22-10-9-13-24(18-22)21-32-26-20-25(29(33)31-16-7-2-3-8-17-31)14-15-27(26)35-28(30(32)34)19-23-11-5-4-6-12-23/h4-6,9-13,18-19,25-27H,2-3,7-8,14-17,20-21H2,1H3/b28-19+. The van der Waals surface area contributed by atoms with Gasteiger partial charge in [-0.05, 0) is 56.2 Å². The van der Waals surface area contributed by atoms with Crippen LogP contribution in [0.2, 0.25) is 0 Å². The molecular formula is C30H36N2O2S. The summed E-state index contributed by atoms with van der Waals surface area (Å²) < 4.78 is 0. The van der Waals surface area contributed by atoms with Crippen LogP contribution >= 0.6 is 11.8 Å². The van der Waals surface area contributed by atoms with Gasteiger partial charge in [-0.3, -0.25) is 9.59 Å². The van der Waals surface area contributed by atoms with Crippen molar-refractivity contribution in [3.8, 4) is 0 Å². The fourth-order valence-electron chi connectivity index (χ4n) is 5.86. The maximum atomic E-state index is 13.8. The number of carbonyl (C=O) groups excluding carboxylic acids is 2. The number of rotatable bonds is 4. The minimum atomic E-state index is 0.0300. The van der Waals surface area contributed by atoms with E-state index in [0.29, 0.717) is 17.7 Å². The summed E-state index contributed by atoms with van der Waals surface area (Å²) in [6.45, 7) is 4.48. The summed E-state index contributed by atoms with van der Waals surface area (Å²) in [5, 5.41) is 0.334. The molecule has 35 heavy (non-hydrogen) atoms. The number of amides is 2. The van der Waals surface area contributed by atoms with E-state index < -0.39 is 0 Å². The van der Waals surface area contributed by atoms with Crippen LogP contribution in [0.4, 0.5) is 0 Å². The number of nitrogens with zero attached hydrogens (tertiary/aromatic N) is 2. The lowest BCUT2D eigenvalue weighted by molar-refractivity contribution is -0.139. The number of hydrogen-bond acceptors (Lipinski definition) is 3. The zero-order chi connectivity index (χ0) is 24.2. The summed E-state index contributed by atoms with van der Waals surface area (Å²) in [6, 6.07) is 18.7. The van der Waals surface area contributed by atoms with Crippen LogP contribution in [0.3, 0.4) is 0 Å². The largest absolute Gasteiger partial charge is 0.342 e. The first-order chi connectivity index (χ1) is 17.1. The highest BCUT2D eigenvalue weighted by atomic mass is 32.2. The Labute approximate surface area is 213 Å². The highest BCUT2D eigenvalue weighted by Gasteiger charge is 2.45. The van der Waals surface area contributed by atoms with Crippen LogP contribution in [0.25, 0.3) is 6.08 Å². The first-order valence-corrected chi connectivity index (χ1v) is 14.0. The van der Waals surface area contributed by atoms with E-state index >= 15 is 0 Å². The molecule has 0 spiro atoms. The molecule has 4 nitrogen and oxygen atoms in total. The van der Waals surface area contributed by atoms with Crippen LogP contribution in [0, 0.1) is 12.8 Å². The lowest BCUT2D eigenvalue weighted by Crippen LogP contribution is -2.54. The molecule has 0 aromatic heterocycles. The summed E-state index contributed by atoms with van der Waals surface area (Å²) in [7, 11) is 0. The minimum absolute atomic E-state index is 0.0300. The summed E-state index contributed by atoms with van der Waals surface area (Å²) >= 11 is 1.73. The number of benzene rings is 2. The zero-order valence-corrected chi connectivity index (χ0v) is 21.5. The maximum Gasteiger partial charge on any atom is 0.260 e. The average Bonchev–Trinajstić information content (AvgIpc) is 3.16. The van der Waals surface area contributed by atoms with E-state index in [4.69, 9.17) is 0 Å². The van der Waals surface area contributed by atoms with Gasteiger partial charge in [0.15, 0.2) is 0 Å². The number of hydrogen-bond donors (Lipinski definition) is 0. The quantitative estimate of drug-likeness (QED) is 0.492. The van der Waals surface area contributed by atoms with E-state index in [1.165, 1.54) is 18.4 Å². The molecule has 0 radical (unpaired) electrons. The molecule has 3 fully saturated rings. The predicted octanol–water partition coefficient (Wildman–Crippen LogP) is 6.05. The lowest BCUT2D eigenvalue weighted by atomic mass is 9.83. The number of carbonyl (C=O) groups is 2. The molecule has 1 aliphatic carbocycles. The van der Waals surface area contributed by atoms with E-state index in [9.17, 15) is 9.59 Å². The highest BCUT2D eigenvalue weighted by molar-refractivity contribution is 8.04. The molecule has 2 amide bonds. The molecule has 2 saturated heterocycles. The first kappa shape index (κ1) is 24.2. The molecular weight excluding hydrogens is 452 g/mol. The molecule has 0 bridgehead atoms. The Morgan fingerprint density at radius 2 is 1.77 bits per heavy atom. The minimum Gasteiger partial charge on any atom is -0.342 e. The fourth-order valence-corrected chi connectivity index (χ4v) is 7.27. The third-order valence-electron chi connectivity index (χ3n) is 7.70. The Bertz CT molecular complexity index is 1070. The van der Waals surface area contributed by atoms with Gasteiger partial charge in [-0.2, -0.15) is 0 Å². The summed E-state index contributed by atoms with van der Waals surface area (Å²) in [6.07, 6.45) is 9.41. The van der Waals surface area contributed by atoms with Crippen LogP contribution in [-0.4, -0.2) is 46.0 Å². The summed E-state index contributed by atoms with van der Waals surface area (Å²) in [5.74, 6) is 0.454. The molecule has 3 unspecified atom stereocenters. The molecule has 5 rings (SSSR count). The van der Waals surface area contributed by atoms with Crippen molar-refractivity contribution < 1.29 is 9.59 Å². The van der Waals surface area contributed by atoms with Gasteiger partial charge in [0.05, 0.1) is 4.91 Å². The predicted molar refractivity (Wildman–Crippen MR) is 144 cm³/mol. The average molecular weight is 489 g/mol. The van der Waals surface area contributed by atoms with Crippen molar-refractivity contribution in [3.63, 3.8) is 0 Å². The van der Waals surface area contributed by atoms with Gasteiger partial charge in [0, 0.05) is 36.8 Å². The molecule has 184 valence electrons. The molecule has 2 aromatic carbocycles. The summed E-state index contributed by atoms with van der Waals surface area (Å²) in [5.41, 5.74) is 3.42. The molecule has 0 N–H and O–H groups in total. The molecule has 2 heterocycles. The van der Waals surface area contributed by atoms with Gasteiger partial charge in [0.1, 0.15) is 0 Å². The monoisotopic (exact) mass is 488 g/mol. The van der Waals surface area contributed by atoms with Crippen LogP contribution in [0.1, 0.15) is 61.6 Å². The molecule has 2 aromatic rings. The van der Waals surface area contributed by atoms with Crippen molar-refractivity contribution in [1.82, 2.24) is 9.80 Å². The SMILES string of the molecule is Cc1cccc(CN2C(=O)/C(=C\c3ccccc3)SC3CCC(C(=O)N4CCCCCC4)CC32)c1. The van der Waals surface area contributed by atoms with Crippen LogP contribution in [-0.2, 0) is 16.1 Å². The van der Waals surface area contributed by atoms with Crippen molar-refractivity contribution in [1.29, 1.82) is 0 Å². The van der Waals surface area contributed by atoms with Gasteiger partial charge in [-0.15, -0.1) is 11.8 Å². The van der Waals surface area contributed by atoms with Crippen molar-refractivity contribution in [2.45, 2.75) is 69.7 Å². The Morgan fingerprint density at radius 3 is 2.51 bits per heavy atom.